The fraction of sp³-hybridized carbons (Fsp3) is 0.320. The first-order chi connectivity index (χ1) is 15.2. The van der Waals surface area contributed by atoms with E-state index in [4.69, 9.17) is 9.72 Å². The molecule has 2 aromatic carbocycles. The second-order valence-corrected chi connectivity index (χ2v) is 9.20. The second-order valence-electron chi connectivity index (χ2n) is 8.12. The molecule has 0 amide bonds. The molecule has 0 spiro atoms. The van der Waals surface area contributed by atoms with Crippen LogP contribution in [0.25, 0.3) is 21.3 Å². The van der Waals surface area contributed by atoms with Crippen LogP contribution in [0.2, 0.25) is 0 Å². The zero-order chi connectivity index (χ0) is 21.2. The minimum absolute atomic E-state index is 0.644. The normalized spacial score (nSPS) is 14.8. The van der Waals surface area contributed by atoms with Gasteiger partial charge < -0.3 is 9.64 Å². The number of hydrogen-bond donors (Lipinski definition) is 0. The van der Waals surface area contributed by atoms with Gasteiger partial charge >= 0.3 is 0 Å². The zero-order valence-corrected chi connectivity index (χ0v) is 18.7. The summed E-state index contributed by atoms with van der Waals surface area (Å²) >= 11 is 1.78. The number of fused-ring (bicyclic) bond motifs is 1. The molecule has 1 fully saturated rings. The molecule has 158 valence electrons. The van der Waals surface area contributed by atoms with Gasteiger partial charge in [-0.25, -0.2) is 15.0 Å². The van der Waals surface area contributed by atoms with Crippen molar-refractivity contribution in [1.29, 1.82) is 0 Å². The zero-order valence-electron chi connectivity index (χ0n) is 17.9. The number of aromatic nitrogens is 3. The van der Waals surface area contributed by atoms with Gasteiger partial charge in [-0.15, -0.1) is 11.3 Å². The van der Waals surface area contributed by atoms with Crippen molar-refractivity contribution in [1.82, 2.24) is 15.0 Å². The number of benzene rings is 2. The summed E-state index contributed by atoms with van der Waals surface area (Å²) in [7, 11) is 1.74. The molecule has 4 aromatic rings. The summed E-state index contributed by atoms with van der Waals surface area (Å²) < 4.78 is 6.79. The molecule has 0 bridgehead atoms. The van der Waals surface area contributed by atoms with Gasteiger partial charge in [-0.05, 0) is 43.4 Å². The Morgan fingerprint density at radius 3 is 2.61 bits per heavy atom. The highest BCUT2D eigenvalue weighted by atomic mass is 32.1. The maximum absolute atomic E-state index is 5.65. The Labute approximate surface area is 186 Å². The van der Waals surface area contributed by atoms with Gasteiger partial charge in [0, 0.05) is 36.8 Å². The molecule has 2 aromatic heterocycles. The van der Waals surface area contributed by atoms with Crippen LogP contribution in [0.5, 0.6) is 5.75 Å². The molecule has 5 rings (SSSR count). The molecule has 0 radical (unpaired) electrons. The maximum atomic E-state index is 5.65. The van der Waals surface area contributed by atoms with Crippen molar-refractivity contribution in [2.75, 3.05) is 25.1 Å². The van der Waals surface area contributed by atoms with Crippen LogP contribution in [0, 0.1) is 12.8 Å². The number of methoxy groups -OCH3 is 1. The summed E-state index contributed by atoms with van der Waals surface area (Å²) in [5.74, 6) is 2.60. The van der Waals surface area contributed by atoms with Crippen molar-refractivity contribution in [2.45, 2.75) is 26.2 Å². The van der Waals surface area contributed by atoms with Crippen LogP contribution < -0.4 is 9.64 Å². The summed E-state index contributed by atoms with van der Waals surface area (Å²) in [6.07, 6.45) is 4.99. The Bertz CT molecular complexity index is 1180. The first kappa shape index (κ1) is 19.9. The van der Waals surface area contributed by atoms with Crippen LogP contribution in [0.4, 0.5) is 5.82 Å². The van der Waals surface area contributed by atoms with Crippen LogP contribution in [0.3, 0.4) is 0 Å². The van der Waals surface area contributed by atoms with E-state index in [9.17, 15) is 0 Å². The summed E-state index contributed by atoms with van der Waals surface area (Å²) in [5.41, 5.74) is 4.44. The molecule has 31 heavy (non-hydrogen) atoms. The Morgan fingerprint density at radius 2 is 1.87 bits per heavy atom. The van der Waals surface area contributed by atoms with E-state index in [1.807, 2.05) is 13.0 Å². The number of hydrogen-bond acceptors (Lipinski definition) is 6. The first-order valence-corrected chi connectivity index (χ1v) is 11.6. The number of ether oxygens (including phenoxy) is 1. The third-order valence-corrected chi connectivity index (χ3v) is 7.14. The summed E-state index contributed by atoms with van der Waals surface area (Å²) in [6.45, 7) is 4.08. The molecule has 0 unspecified atom stereocenters. The van der Waals surface area contributed by atoms with Gasteiger partial charge in [0.05, 0.1) is 22.3 Å². The second kappa shape index (κ2) is 8.63. The molecule has 0 atom stereocenters. The Kier molecular flexibility index (Phi) is 5.55. The molecular weight excluding hydrogens is 404 g/mol. The number of piperidine rings is 1. The average molecular weight is 431 g/mol. The number of aryl methyl sites for hydroxylation is 1. The van der Waals surface area contributed by atoms with E-state index in [0.717, 1.165) is 59.8 Å². The minimum Gasteiger partial charge on any atom is -0.495 e. The fourth-order valence-electron chi connectivity index (χ4n) is 4.35. The lowest BCUT2D eigenvalue weighted by Gasteiger charge is -2.32. The summed E-state index contributed by atoms with van der Waals surface area (Å²) in [5, 5.41) is 1.20. The van der Waals surface area contributed by atoms with E-state index in [2.05, 4.69) is 57.3 Å². The van der Waals surface area contributed by atoms with Gasteiger partial charge in [-0.1, -0.05) is 30.3 Å². The highest BCUT2D eigenvalue weighted by Gasteiger charge is 2.23. The van der Waals surface area contributed by atoms with E-state index >= 15 is 0 Å². The molecule has 5 nitrogen and oxygen atoms in total. The quantitative estimate of drug-likeness (QED) is 0.417. The molecule has 3 heterocycles. The Balaban J connectivity index is 1.35. The van der Waals surface area contributed by atoms with Crippen LogP contribution >= 0.6 is 11.3 Å². The van der Waals surface area contributed by atoms with E-state index in [0.29, 0.717) is 5.92 Å². The highest BCUT2D eigenvalue weighted by Crippen LogP contribution is 2.39. The number of rotatable bonds is 5. The topological polar surface area (TPSA) is 51.1 Å². The smallest absolute Gasteiger partial charge is 0.138 e. The minimum atomic E-state index is 0.644. The molecule has 0 N–H and O–H groups in total. The van der Waals surface area contributed by atoms with Crippen LogP contribution in [-0.4, -0.2) is 35.2 Å². The largest absolute Gasteiger partial charge is 0.495 e. The molecule has 6 heteroatoms. The highest BCUT2D eigenvalue weighted by molar-refractivity contribution is 7.19. The van der Waals surface area contributed by atoms with Gasteiger partial charge in [-0.2, -0.15) is 0 Å². The summed E-state index contributed by atoms with van der Waals surface area (Å²) in [4.78, 5) is 16.1. The maximum Gasteiger partial charge on any atom is 0.138 e. The summed E-state index contributed by atoms with van der Waals surface area (Å²) in [6, 6.07) is 16.8. The number of anilines is 1. The lowest BCUT2D eigenvalue weighted by atomic mass is 9.94. The van der Waals surface area contributed by atoms with E-state index < -0.39 is 0 Å². The average Bonchev–Trinajstić information content (AvgIpc) is 3.23. The third-order valence-electron chi connectivity index (χ3n) is 6.05. The van der Waals surface area contributed by atoms with Crippen molar-refractivity contribution in [2.24, 2.45) is 5.92 Å². The van der Waals surface area contributed by atoms with Gasteiger partial charge in [0.2, 0.25) is 0 Å². The molecular formula is C25H26N4OS. The van der Waals surface area contributed by atoms with Crippen molar-refractivity contribution in [3.8, 4) is 16.9 Å². The van der Waals surface area contributed by atoms with Crippen molar-refractivity contribution in [3.05, 3.63) is 65.6 Å². The van der Waals surface area contributed by atoms with Gasteiger partial charge in [0.15, 0.2) is 0 Å². The van der Waals surface area contributed by atoms with Crippen LogP contribution in [-0.2, 0) is 6.42 Å². The van der Waals surface area contributed by atoms with Crippen LogP contribution in [0.15, 0.2) is 54.9 Å². The van der Waals surface area contributed by atoms with E-state index in [1.54, 1.807) is 24.8 Å². The Morgan fingerprint density at radius 1 is 1.06 bits per heavy atom. The Hall–Kier alpha value is -2.99. The predicted octanol–water partition coefficient (Wildman–Crippen LogP) is 5.53. The number of thiazole rings is 1. The van der Waals surface area contributed by atoms with E-state index in [1.165, 1.54) is 16.1 Å². The number of nitrogens with zero attached hydrogens (tertiary/aromatic N) is 4. The molecule has 0 saturated carbocycles. The SMILES string of the molecule is COc1ccc(-c2ccccc2)c2nc(CC3CCN(c4cc(C)ncn4)CC3)sc12. The third kappa shape index (κ3) is 4.12. The van der Waals surface area contributed by atoms with Gasteiger partial charge in [0.25, 0.3) is 0 Å². The monoisotopic (exact) mass is 430 g/mol. The first-order valence-electron chi connectivity index (χ1n) is 10.8. The lowest BCUT2D eigenvalue weighted by Crippen LogP contribution is -2.34. The van der Waals surface area contributed by atoms with Gasteiger partial charge in [-0.3, -0.25) is 0 Å². The fourth-order valence-corrected chi connectivity index (χ4v) is 5.55. The van der Waals surface area contributed by atoms with E-state index in [-0.39, 0.29) is 0 Å². The molecule has 1 aliphatic heterocycles. The van der Waals surface area contributed by atoms with Gasteiger partial charge in [0.1, 0.15) is 17.9 Å². The lowest BCUT2D eigenvalue weighted by molar-refractivity contribution is 0.402. The van der Waals surface area contributed by atoms with Crippen molar-refractivity contribution < 1.29 is 4.74 Å². The van der Waals surface area contributed by atoms with Crippen molar-refractivity contribution in [3.63, 3.8) is 0 Å². The molecule has 1 saturated heterocycles. The predicted molar refractivity (Wildman–Crippen MR) is 127 cm³/mol. The molecule has 0 aliphatic carbocycles. The van der Waals surface area contributed by atoms with Crippen molar-refractivity contribution >= 4 is 27.4 Å². The van der Waals surface area contributed by atoms with Crippen LogP contribution in [0.1, 0.15) is 23.5 Å². The standard InChI is InChI=1S/C25H26N4OS/c1-17-14-22(27-16-26-17)29-12-10-18(11-13-29)15-23-28-24-20(19-6-4-3-5-7-19)8-9-21(30-2)25(24)31-23/h3-9,14,16,18H,10-13,15H2,1-2H3. The molecule has 1 aliphatic rings.